The standard InChI is InChI=1S/C20H23F4N3O4S2/c1-12(13-4-6-16(15(21)10-13)27-33(2,30)31)18(29)25-11-14-5-7-17(20(22,23)24)26-19(14)32-9-3-8-28/h4-7,10,12,27-28H,3,8-9,11H2,1-2H3,(H,25,29). The number of sulfonamides is 1. The summed E-state index contributed by atoms with van der Waals surface area (Å²) >= 11 is 1.04. The molecule has 182 valence electrons. The summed E-state index contributed by atoms with van der Waals surface area (Å²) in [4.78, 5) is 16.2. The first-order chi connectivity index (χ1) is 15.3. The average molecular weight is 510 g/mol. The number of hydrogen-bond acceptors (Lipinski definition) is 6. The molecule has 0 aliphatic rings. The van der Waals surface area contributed by atoms with Crippen molar-refractivity contribution in [1.29, 1.82) is 0 Å². The van der Waals surface area contributed by atoms with E-state index in [0.717, 1.165) is 30.2 Å². The van der Waals surface area contributed by atoms with E-state index >= 15 is 0 Å². The van der Waals surface area contributed by atoms with Crippen LogP contribution in [0.4, 0.5) is 23.2 Å². The molecule has 1 atom stereocenters. The van der Waals surface area contributed by atoms with Crippen LogP contribution in [-0.2, 0) is 27.5 Å². The normalized spacial score (nSPS) is 12.9. The van der Waals surface area contributed by atoms with Crippen molar-refractivity contribution in [3.05, 3.63) is 53.0 Å². The van der Waals surface area contributed by atoms with Gasteiger partial charge < -0.3 is 10.4 Å². The lowest BCUT2D eigenvalue weighted by atomic mass is 9.99. The van der Waals surface area contributed by atoms with Crippen LogP contribution < -0.4 is 10.0 Å². The van der Waals surface area contributed by atoms with Crippen molar-refractivity contribution in [2.45, 2.75) is 37.0 Å². The third-order valence-corrected chi connectivity index (χ3v) is 6.12. The number of thioether (sulfide) groups is 1. The zero-order valence-corrected chi connectivity index (χ0v) is 19.4. The summed E-state index contributed by atoms with van der Waals surface area (Å²) in [5.41, 5.74) is -0.664. The number of carbonyl (C=O) groups excluding carboxylic acids is 1. The van der Waals surface area contributed by atoms with Crippen LogP contribution in [0.15, 0.2) is 35.4 Å². The highest BCUT2D eigenvalue weighted by Gasteiger charge is 2.33. The largest absolute Gasteiger partial charge is 0.433 e. The fourth-order valence-electron chi connectivity index (χ4n) is 2.69. The second-order valence-electron chi connectivity index (χ2n) is 7.14. The van der Waals surface area contributed by atoms with Crippen LogP contribution in [0.1, 0.15) is 36.1 Å². The summed E-state index contributed by atoms with van der Waals surface area (Å²) in [6.07, 6.45) is -3.38. The van der Waals surface area contributed by atoms with Crippen LogP contribution in [0.3, 0.4) is 0 Å². The third-order valence-electron chi connectivity index (χ3n) is 4.41. The molecule has 33 heavy (non-hydrogen) atoms. The number of anilines is 1. The fraction of sp³-hybridized carbons (Fsp3) is 0.400. The molecule has 0 aliphatic heterocycles. The highest BCUT2D eigenvalue weighted by molar-refractivity contribution is 7.99. The van der Waals surface area contributed by atoms with E-state index in [4.69, 9.17) is 5.11 Å². The van der Waals surface area contributed by atoms with Gasteiger partial charge in [0, 0.05) is 24.5 Å². The Morgan fingerprint density at radius 2 is 1.94 bits per heavy atom. The molecule has 0 saturated carbocycles. The van der Waals surface area contributed by atoms with Crippen molar-refractivity contribution in [3.63, 3.8) is 0 Å². The number of benzene rings is 1. The molecule has 0 bridgehead atoms. The van der Waals surface area contributed by atoms with Gasteiger partial charge >= 0.3 is 6.18 Å². The number of nitrogens with one attached hydrogen (secondary N) is 2. The van der Waals surface area contributed by atoms with Crippen LogP contribution in [0.25, 0.3) is 0 Å². The Labute approximate surface area is 193 Å². The van der Waals surface area contributed by atoms with E-state index < -0.39 is 39.5 Å². The number of rotatable bonds is 10. The molecule has 1 amide bonds. The van der Waals surface area contributed by atoms with E-state index in [1.807, 2.05) is 4.72 Å². The minimum Gasteiger partial charge on any atom is -0.396 e. The predicted molar refractivity (Wildman–Crippen MR) is 117 cm³/mol. The number of pyridine rings is 1. The second kappa shape index (κ2) is 11.2. The molecular formula is C20H23F4N3O4S2. The van der Waals surface area contributed by atoms with Gasteiger partial charge in [-0.05, 0) is 37.1 Å². The molecule has 0 fully saturated rings. The molecule has 0 spiro atoms. The molecule has 3 N–H and O–H groups in total. The van der Waals surface area contributed by atoms with Gasteiger partial charge in [-0.2, -0.15) is 13.2 Å². The van der Waals surface area contributed by atoms with Gasteiger partial charge in [-0.25, -0.2) is 17.8 Å². The molecule has 13 heteroatoms. The molecular weight excluding hydrogens is 486 g/mol. The van der Waals surface area contributed by atoms with E-state index in [0.29, 0.717) is 17.7 Å². The number of nitrogens with zero attached hydrogens (tertiary/aromatic N) is 1. The summed E-state index contributed by atoms with van der Waals surface area (Å²) in [5, 5.41) is 11.6. The molecule has 1 heterocycles. The van der Waals surface area contributed by atoms with E-state index in [1.165, 1.54) is 25.1 Å². The molecule has 1 aromatic heterocycles. The fourth-order valence-corrected chi connectivity index (χ4v) is 4.21. The monoisotopic (exact) mass is 509 g/mol. The van der Waals surface area contributed by atoms with Gasteiger partial charge in [-0.3, -0.25) is 9.52 Å². The van der Waals surface area contributed by atoms with Gasteiger partial charge in [-0.1, -0.05) is 12.1 Å². The van der Waals surface area contributed by atoms with Crippen molar-refractivity contribution in [3.8, 4) is 0 Å². The second-order valence-corrected chi connectivity index (χ2v) is 9.97. The number of carbonyl (C=O) groups is 1. The number of aromatic nitrogens is 1. The lowest BCUT2D eigenvalue weighted by molar-refractivity contribution is -0.141. The topological polar surface area (TPSA) is 108 Å². The minimum absolute atomic E-state index is 0.0912. The molecule has 1 unspecified atom stereocenters. The Hall–Kier alpha value is -2.38. The maximum absolute atomic E-state index is 14.2. The zero-order valence-electron chi connectivity index (χ0n) is 17.7. The lowest BCUT2D eigenvalue weighted by Gasteiger charge is -2.16. The summed E-state index contributed by atoms with van der Waals surface area (Å²) < 4.78 is 77.8. The average Bonchev–Trinajstić information content (AvgIpc) is 2.72. The number of aliphatic hydroxyl groups excluding tert-OH is 1. The smallest absolute Gasteiger partial charge is 0.396 e. The van der Waals surface area contributed by atoms with E-state index in [-0.39, 0.29) is 29.4 Å². The van der Waals surface area contributed by atoms with Gasteiger partial charge in [-0.15, -0.1) is 11.8 Å². The molecule has 0 saturated heterocycles. The Bertz CT molecular complexity index is 1100. The summed E-state index contributed by atoms with van der Waals surface area (Å²) in [6, 6.07) is 5.69. The number of hydrogen-bond donors (Lipinski definition) is 3. The van der Waals surface area contributed by atoms with E-state index in [1.54, 1.807) is 0 Å². The Morgan fingerprint density at radius 3 is 2.52 bits per heavy atom. The van der Waals surface area contributed by atoms with Gasteiger partial charge in [0.1, 0.15) is 16.5 Å². The highest BCUT2D eigenvalue weighted by Crippen LogP contribution is 2.31. The first kappa shape index (κ1) is 26.9. The first-order valence-corrected chi connectivity index (χ1v) is 12.5. The molecule has 0 radical (unpaired) electrons. The van der Waals surface area contributed by atoms with Crippen molar-refractivity contribution in [2.24, 2.45) is 0 Å². The molecule has 0 aliphatic carbocycles. The van der Waals surface area contributed by atoms with Crippen LogP contribution >= 0.6 is 11.8 Å². The summed E-state index contributed by atoms with van der Waals surface area (Å²) in [5.74, 6) is -1.84. The maximum Gasteiger partial charge on any atom is 0.433 e. The lowest BCUT2D eigenvalue weighted by Crippen LogP contribution is -2.28. The van der Waals surface area contributed by atoms with Crippen LogP contribution in [0.5, 0.6) is 0 Å². The zero-order chi connectivity index (χ0) is 24.8. The van der Waals surface area contributed by atoms with Gasteiger partial charge in [0.25, 0.3) is 0 Å². The maximum atomic E-state index is 14.2. The van der Waals surface area contributed by atoms with E-state index in [9.17, 15) is 30.8 Å². The number of halogens is 4. The number of alkyl halides is 3. The molecule has 2 rings (SSSR count). The minimum atomic E-state index is -4.62. The molecule has 1 aromatic carbocycles. The first-order valence-electron chi connectivity index (χ1n) is 9.67. The summed E-state index contributed by atoms with van der Waals surface area (Å²) in [6.45, 7) is 1.28. The van der Waals surface area contributed by atoms with Crippen LogP contribution in [0, 0.1) is 5.82 Å². The SMILES string of the molecule is CC(C(=O)NCc1ccc(C(F)(F)F)nc1SCCCO)c1ccc(NS(C)(=O)=O)c(F)c1. The van der Waals surface area contributed by atoms with Gasteiger partial charge in [0.15, 0.2) is 0 Å². The number of amides is 1. The number of aliphatic hydroxyl groups is 1. The molecule has 2 aromatic rings. The Balaban J connectivity index is 2.13. The van der Waals surface area contributed by atoms with Crippen molar-refractivity contribution in [2.75, 3.05) is 23.3 Å². The van der Waals surface area contributed by atoms with Crippen molar-refractivity contribution >= 4 is 33.4 Å². The Kier molecular flexibility index (Phi) is 9.09. The molecule has 7 nitrogen and oxygen atoms in total. The van der Waals surface area contributed by atoms with Crippen LogP contribution in [0.2, 0.25) is 0 Å². The Morgan fingerprint density at radius 1 is 1.24 bits per heavy atom. The van der Waals surface area contributed by atoms with E-state index in [2.05, 4.69) is 10.3 Å². The third kappa shape index (κ3) is 8.16. The van der Waals surface area contributed by atoms with Crippen LogP contribution in [-0.4, -0.2) is 43.0 Å². The quantitative estimate of drug-likeness (QED) is 0.257. The summed E-state index contributed by atoms with van der Waals surface area (Å²) in [7, 11) is -3.67. The predicted octanol–water partition coefficient (Wildman–Crippen LogP) is 3.51. The van der Waals surface area contributed by atoms with Crippen molar-refractivity contribution in [1.82, 2.24) is 10.3 Å². The highest BCUT2D eigenvalue weighted by atomic mass is 32.2. The van der Waals surface area contributed by atoms with Crippen molar-refractivity contribution < 1.29 is 35.9 Å². The van der Waals surface area contributed by atoms with Gasteiger partial charge in [0.2, 0.25) is 15.9 Å². The van der Waals surface area contributed by atoms with Gasteiger partial charge in [0.05, 0.1) is 17.9 Å².